The van der Waals surface area contributed by atoms with Crippen LogP contribution < -0.4 is 10.1 Å². The number of hydrogen-bond acceptors (Lipinski definition) is 3. The maximum absolute atomic E-state index is 13.9. The van der Waals surface area contributed by atoms with E-state index in [9.17, 15) is 9.18 Å². The molecular formula is C17H15FN2O2. The second-order valence-electron chi connectivity index (χ2n) is 5.10. The van der Waals surface area contributed by atoms with Gasteiger partial charge in [-0.2, -0.15) is 0 Å². The quantitative estimate of drug-likeness (QED) is 0.881. The van der Waals surface area contributed by atoms with Crippen LogP contribution in [-0.2, 0) is 4.79 Å². The standard InChI is InChI=1S/C17H15FN2O2/c1-10-4-3-5-15-16(10)12(17(21)20-15)9-19-14-7-6-11(22-2)8-13(14)18/h3-9,12H,1-2H3,(H,20,21). The predicted molar refractivity (Wildman–Crippen MR) is 83.7 cm³/mol. The number of nitrogens with zero attached hydrogens (tertiary/aromatic N) is 1. The number of fused-ring (bicyclic) bond motifs is 1. The molecule has 112 valence electrons. The van der Waals surface area contributed by atoms with Gasteiger partial charge in [0.05, 0.1) is 12.8 Å². The van der Waals surface area contributed by atoms with E-state index in [0.717, 1.165) is 16.8 Å². The molecule has 1 amide bonds. The molecule has 0 aromatic heterocycles. The number of nitrogens with one attached hydrogen (secondary N) is 1. The third-order valence-corrected chi connectivity index (χ3v) is 3.69. The molecule has 1 aliphatic rings. The molecule has 2 aromatic carbocycles. The van der Waals surface area contributed by atoms with E-state index in [4.69, 9.17) is 4.74 Å². The van der Waals surface area contributed by atoms with Crippen LogP contribution in [0.2, 0.25) is 0 Å². The molecule has 22 heavy (non-hydrogen) atoms. The fourth-order valence-electron chi connectivity index (χ4n) is 2.56. The lowest BCUT2D eigenvalue weighted by Crippen LogP contribution is -2.13. The molecule has 1 N–H and O–H groups in total. The summed E-state index contributed by atoms with van der Waals surface area (Å²) in [5.74, 6) is -0.713. The molecule has 1 aliphatic heterocycles. The Balaban J connectivity index is 1.92. The number of aryl methyl sites for hydroxylation is 1. The summed E-state index contributed by atoms with van der Waals surface area (Å²) in [5.41, 5.74) is 2.86. The van der Waals surface area contributed by atoms with E-state index >= 15 is 0 Å². The molecule has 3 rings (SSSR count). The van der Waals surface area contributed by atoms with Crippen LogP contribution in [0.15, 0.2) is 41.4 Å². The highest BCUT2D eigenvalue weighted by Crippen LogP contribution is 2.34. The molecule has 0 bridgehead atoms. The zero-order valence-electron chi connectivity index (χ0n) is 12.3. The highest BCUT2D eigenvalue weighted by Gasteiger charge is 2.30. The number of hydrogen-bond donors (Lipinski definition) is 1. The molecule has 0 spiro atoms. The number of ether oxygens (including phenoxy) is 1. The van der Waals surface area contributed by atoms with Gasteiger partial charge >= 0.3 is 0 Å². The van der Waals surface area contributed by atoms with Gasteiger partial charge in [0, 0.05) is 18.0 Å². The fourth-order valence-corrected chi connectivity index (χ4v) is 2.56. The SMILES string of the molecule is COc1ccc(N=CC2C(=O)Nc3cccc(C)c32)c(F)c1. The molecule has 1 heterocycles. The van der Waals surface area contributed by atoms with Crippen molar-refractivity contribution in [3.05, 3.63) is 53.3 Å². The molecule has 1 atom stereocenters. The van der Waals surface area contributed by atoms with Crippen molar-refractivity contribution < 1.29 is 13.9 Å². The summed E-state index contributed by atoms with van der Waals surface area (Å²) in [6, 6.07) is 10.1. The number of anilines is 1. The van der Waals surface area contributed by atoms with E-state index in [1.807, 2.05) is 25.1 Å². The Morgan fingerprint density at radius 2 is 2.14 bits per heavy atom. The summed E-state index contributed by atoms with van der Waals surface area (Å²) in [4.78, 5) is 16.2. The van der Waals surface area contributed by atoms with E-state index in [-0.39, 0.29) is 11.6 Å². The minimum Gasteiger partial charge on any atom is -0.497 e. The molecule has 1 unspecified atom stereocenters. The molecule has 4 nitrogen and oxygen atoms in total. The van der Waals surface area contributed by atoms with Gasteiger partial charge in [0.1, 0.15) is 11.7 Å². The predicted octanol–water partition coefficient (Wildman–Crippen LogP) is 3.58. The Morgan fingerprint density at radius 3 is 2.86 bits per heavy atom. The van der Waals surface area contributed by atoms with Gasteiger partial charge < -0.3 is 10.1 Å². The molecular weight excluding hydrogens is 283 g/mol. The minimum atomic E-state index is -0.502. The number of carbonyl (C=O) groups is 1. The maximum atomic E-state index is 13.9. The molecule has 0 fully saturated rings. The lowest BCUT2D eigenvalue weighted by atomic mass is 9.97. The zero-order chi connectivity index (χ0) is 15.7. The second kappa shape index (κ2) is 5.60. The molecule has 0 aliphatic carbocycles. The highest BCUT2D eigenvalue weighted by atomic mass is 19.1. The third kappa shape index (κ3) is 2.45. The van der Waals surface area contributed by atoms with Crippen LogP contribution in [-0.4, -0.2) is 19.2 Å². The Kier molecular flexibility index (Phi) is 3.63. The average Bonchev–Trinajstić information content (AvgIpc) is 2.83. The van der Waals surface area contributed by atoms with Gasteiger partial charge in [-0.1, -0.05) is 12.1 Å². The van der Waals surface area contributed by atoms with E-state index in [0.29, 0.717) is 5.75 Å². The number of rotatable bonds is 3. The smallest absolute Gasteiger partial charge is 0.237 e. The highest BCUT2D eigenvalue weighted by molar-refractivity contribution is 6.13. The lowest BCUT2D eigenvalue weighted by molar-refractivity contribution is -0.115. The Labute approximate surface area is 127 Å². The summed E-state index contributed by atoms with van der Waals surface area (Å²) in [5, 5.41) is 2.81. The van der Waals surface area contributed by atoms with Gasteiger partial charge in [-0.25, -0.2) is 4.39 Å². The zero-order valence-corrected chi connectivity index (χ0v) is 12.3. The third-order valence-electron chi connectivity index (χ3n) is 3.69. The van der Waals surface area contributed by atoms with Gasteiger partial charge in [0.2, 0.25) is 5.91 Å². The Hall–Kier alpha value is -2.69. The number of amides is 1. The van der Waals surface area contributed by atoms with Crippen LogP contribution in [0.5, 0.6) is 5.75 Å². The first-order chi connectivity index (χ1) is 10.6. The van der Waals surface area contributed by atoms with Gasteiger partial charge in [-0.05, 0) is 36.2 Å². The Morgan fingerprint density at radius 1 is 1.32 bits per heavy atom. The summed E-state index contributed by atoms with van der Waals surface area (Å²) in [6.07, 6.45) is 1.49. The van der Waals surface area contributed by atoms with Crippen molar-refractivity contribution in [2.24, 2.45) is 4.99 Å². The Bertz CT molecular complexity index is 771. The van der Waals surface area contributed by atoms with Crippen LogP contribution in [0, 0.1) is 12.7 Å². The van der Waals surface area contributed by atoms with Crippen LogP contribution in [0.25, 0.3) is 0 Å². The van der Waals surface area contributed by atoms with Crippen molar-refractivity contribution in [2.75, 3.05) is 12.4 Å². The van der Waals surface area contributed by atoms with Gasteiger partial charge in [-0.3, -0.25) is 9.79 Å². The summed E-state index contributed by atoms with van der Waals surface area (Å²) in [6.45, 7) is 1.94. The molecule has 0 radical (unpaired) electrons. The van der Waals surface area contributed by atoms with Gasteiger partial charge in [0.15, 0.2) is 5.82 Å². The summed E-state index contributed by atoms with van der Waals surface area (Å²) < 4.78 is 18.8. The van der Waals surface area contributed by atoms with Crippen LogP contribution in [0.1, 0.15) is 17.0 Å². The normalized spacial score (nSPS) is 16.7. The number of aliphatic imine (C=N–C) groups is 1. The van der Waals surface area contributed by atoms with E-state index in [1.165, 1.54) is 25.5 Å². The molecule has 0 saturated heterocycles. The van der Waals surface area contributed by atoms with Crippen molar-refractivity contribution in [1.82, 2.24) is 0 Å². The number of halogens is 1. The largest absolute Gasteiger partial charge is 0.497 e. The van der Waals surface area contributed by atoms with Crippen molar-refractivity contribution in [1.29, 1.82) is 0 Å². The van der Waals surface area contributed by atoms with E-state index in [1.54, 1.807) is 6.07 Å². The van der Waals surface area contributed by atoms with Crippen molar-refractivity contribution >= 4 is 23.5 Å². The summed E-state index contributed by atoms with van der Waals surface area (Å²) in [7, 11) is 1.47. The van der Waals surface area contributed by atoms with E-state index < -0.39 is 11.7 Å². The number of carbonyl (C=O) groups excluding carboxylic acids is 1. The first-order valence-corrected chi connectivity index (χ1v) is 6.88. The number of benzene rings is 2. The van der Waals surface area contributed by atoms with Crippen LogP contribution in [0.3, 0.4) is 0 Å². The molecule has 2 aromatic rings. The van der Waals surface area contributed by atoms with Gasteiger partial charge in [-0.15, -0.1) is 0 Å². The molecule has 0 saturated carbocycles. The second-order valence-corrected chi connectivity index (χ2v) is 5.10. The minimum absolute atomic E-state index is 0.151. The number of methoxy groups -OCH3 is 1. The maximum Gasteiger partial charge on any atom is 0.237 e. The van der Waals surface area contributed by atoms with E-state index in [2.05, 4.69) is 10.3 Å². The van der Waals surface area contributed by atoms with Crippen LogP contribution >= 0.6 is 0 Å². The van der Waals surface area contributed by atoms with Crippen molar-refractivity contribution in [2.45, 2.75) is 12.8 Å². The first-order valence-electron chi connectivity index (χ1n) is 6.88. The van der Waals surface area contributed by atoms with Gasteiger partial charge in [0.25, 0.3) is 0 Å². The average molecular weight is 298 g/mol. The first kappa shape index (κ1) is 14.3. The van der Waals surface area contributed by atoms with Crippen molar-refractivity contribution in [3.63, 3.8) is 0 Å². The topological polar surface area (TPSA) is 50.7 Å². The van der Waals surface area contributed by atoms with Crippen molar-refractivity contribution in [3.8, 4) is 5.75 Å². The lowest BCUT2D eigenvalue weighted by Gasteiger charge is -2.06. The molecule has 5 heteroatoms. The van der Waals surface area contributed by atoms with Crippen LogP contribution in [0.4, 0.5) is 15.8 Å². The monoisotopic (exact) mass is 298 g/mol. The fraction of sp³-hybridized carbons (Fsp3) is 0.176. The summed E-state index contributed by atoms with van der Waals surface area (Å²) >= 11 is 0.